The summed E-state index contributed by atoms with van der Waals surface area (Å²) in [6.07, 6.45) is 2.79. The zero-order valence-electron chi connectivity index (χ0n) is 8.63. The maximum Gasteiger partial charge on any atom is 0.299 e. The molecule has 0 spiro atoms. The monoisotopic (exact) mass is 177 g/mol. The zero-order chi connectivity index (χ0) is 10.0. The summed E-state index contributed by atoms with van der Waals surface area (Å²) in [7, 11) is 4.04. The molecule has 0 amide bonds. The van der Waals surface area contributed by atoms with E-state index in [1.54, 1.807) is 0 Å². The standard InChI is InChI=1S/C10H15N3/c1-7-6-10(13(3)4)8(2)5-9(7)12-11/h6H,5H2,1-4H3. The fourth-order valence-corrected chi connectivity index (χ4v) is 1.52. The highest BCUT2D eigenvalue weighted by Gasteiger charge is 2.20. The molecule has 0 aromatic rings. The van der Waals surface area contributed by atoms with Gasteiger partial charge >= 0.3 is 0 Å². The molecule has 1 aliphatic rings. The highest BCUT2D eigenvalue weighted by molar-refractivity contribution is 5.98. The number of rotatable bonds is 1. The molecule has 1 rings (SSSR count). The molecule has 0 saturated heterocycles. The largest absolute Gasteiger partial charge is 0.378 e. The normalized spacial score (nSPS) is 16.9. The molecule has 0 atom stereocenters. The molecule has 0 N–H and O–H groups in total. The maximum atomic E-state index is 8.72. The summed E-state index contributed by atoms with van der Waals surface area (Å²) < 4.78 is 0. The van der Waals surface area contributed by atoms with Crippen LogP contribution >= 0.6 is 0 Å². The van der Waals surface area contributed by atoms with E-state index in [2.05, 4.69) is 16.6 Å². The summed E-state index contributed by atoms with van der Waals surface area (Å²) in [6.45, 7) is 4.02. The SMILES string of the molecule is CC1=CC(N(C)C)=C(C)CC1=[N+]=[N-]. The lowest BCUT2D eigenvalue weighted by molar-refractivity contribution is -0.00675. The third-order valence-corrected chi connectivity index (χ3v) is 2.28. The van der Waals surface area contributed by atoms with Crippen LogP contribution in [0.2, 0.25) is 0 Å². The quantitative estimate of drug-likeness (QED) is 0.445. The van der Waals surface area contributed by atoms with Crippen LogP contribution in [0.25, 0.3) is 5.53 Å². The Morgan fingerprint density at radius 3 is 2.46 bits per heavy atom. The molecule has 0 heterocycles. The first kappa shape index (κ1) is 9.75. The van der Waals surface area contributed by atoms with Crippen LogP contribution in [-0.2, 0) is 0 Å². The molecule has 3 heteroatoms. The third kappa shape index (κ3) is 1.87. The van der Waals surface area contributed by atoms with Crippen LogP contribution in [0.4, 0.5) is 0 Å². The van der Waals surface area contributed by atoms with Crippen molar-refractivity contribution in [3.8, 4) is 0 Å². The van der Waals surface area contributed by atoms with E-state index in [0.717, 1.165) is 17.7 Å². The summed E-state index contributed by atoms with van der Waals surface area (Å²) in [4.78, 5) is 5.34. The van der Waals surface area contributed by atoms with Crippen LogP contribution in [-0.4, -0.2) is 29.5 Å². The molecule has 0 aliphatic heterocycles. The van der Waals surface area contributed by atoms with E-state index in [1.165, 1.54) is 11.3 Å². The molecule has 0 aromatic carbocycles. The average molecular weight is 177 g/mol. The minimum Gasteiger partial charge on any atom is -0.378 e. The fourth-order valence-electron chi connectivity index (χ4n) is 1.52. The molecule has 0 bridgehead atoms. The van der Waals surface area contributed by atoms with Crippen LogP contribution in [0.1, 0.15) is 20.3 Å². The van der Waals surface area contributed by atoms with Crippen molar-refractivity contribution in [1.29, 1.82) is 0 Å². The van der Waals surface area contributed by atoms with Crippen molar-refractivity contribution in [1.82, 2.24) is 4.90 Å². The van der Waals surface area contributed by atoms with Gasteiger partial charge in [-0.15, -0.1) is 0 Å². The van der Waals surface area contributed by atoms with Crippen LogP contribution in [0, 0.1) is 0 Å². The van der Waals surface area contributed by atoms with E-state index in [0.29, 0.717) is 0 Å². The first-order chi connectivity index (χ1) is 6.06. The Balaban J connectivity index is 3.11. The van der Waals surface area contributed by atoms with Gasteiger partial charge in [0.15, 0.2) is 0 Å². The summed E-state index contributed by atoms with van der Waals surface area (Å²) >= 11 is 0. The second kappa shape index (κ2) is 3.58. The highest BCUT2D eigenvalue weighted by Crippen LogP contribution is 2.21. The van der Waals surface area contributed by atoms with Gasteiger partial charge in [-0.3, -0.25) is 0 Å². The van der Waals surface area contributed by atoms with Gasteiger partial charge in [-0.1, -0.05) is 0 Å². The number of allylic oxidation sites excluding steroid dienone is 3. The molecular formula is C10H15N3. The number of nitrogens with zero attached hydrogens (tertiary/aromatic N) is 3. The average Bonchev–Trinajstić information content (AvgIpc) is 2.07. The first-order valence-electron chi connectivity index (χ1n) is 4.33. The smallest absolute Gasteiger partial charge is 0.299 e. The van der Waals surface area contributed by atoms with Gasteiger partial charge in [0.25, 0.3) is 5.71 Å². The van der Waals surface area contributed by atoms with E-state index in [-0.39, 0.29) is 0 Å². The Labute approximate surface area is 79.0 Å². The Morgan fingerprint density at radius 2 is 2.00 bits per heavy atom. The minimum absolute atomic E-state index is 0.742. The molecule has 3 nitrogen and oxygen atoms in total. The highest BCUT2D eigenvalue weighted by atomic mass is 15.1. The molecule has 1 aliphatic carbocycles. The van der Waals surface area contributed by atoms with Crippen LogP contribution < -0.4 is 0 Å². The summed E-state index contributed by atoms with van der Waals surface area (Å²) in [5, 5.41) is 0. The van der Waals surface area contributed by atoms with Crippen molar-refractivity contribution in [3.05, 3.63) is 28.5 Å². The zero-order valence-corrected chi connectivity index (χ0v) is 8.63. The first-order valence-corrected chi connectivity index (χ1v) is 4.33. The lowest BCUT2D eigenvalue weighted by Gasteiger charge is -2.20. The van der Waals surface area contributed by atoms with Gasteiger partial charge in [0.05, 0.1) is 6.42 Å². The molecular weight excluding hydrogens is 162 g/mol. The van der Waals surface area contributed by atoms with Gasteiger partial charge in [-0.2, -0.15) is 4.79 Å². The van der Waals surface area contributed by atoms with Crippen molar-refractivity contribution in [2.24, 2.45) is 0 Å². The van der Waals surface area contributed by atoms with Crippen LogP contribution in [0.5, 0.6) is 0 Å². The molecule has 0 radical (unpaired) electrons. The van der Waals surface area contributed by atoms with Crippen molar-refractivity contribution in [3.63, 3.8) is 0 Å². The number of hydrogen-bond donors (Lipinski definition) is 0. The lowest BCUT2D eigenvalue weighted by atomic mass is 9.95. The second-order valence-corrected chi connectivity index (χ2v) is 3.61. The molecule has 0 unspecified atom stereocenters. The van der Waals surface area contributed by atoms with Crippen molar-refractivity contribution < 1.29 is 4.79 Å². The molecule has 13 heavy (non-hydrogen) atoms. The number of likely N-dealkylation sites (N-methyl/N-ethyl adjacent to an activating group) is 1. The predicted octanol–water partition coefficient (Wildman–Crippen LogP) is 1.84. The maximum absolute atomic E-state index is 8.72. The minimum atomic E-state index is 0.742. The molecule has 70 valence electrons. The van der Waals surface area contributed by atoms with Gasteiger partial charge in [0.1, 0.15) is 0 Å². The van der Waals surface area contributed by atoms with Gasteiger partial charge < -0.3 is 10.4 Å². The van der Waals surface area contributed by atoms with E-state index >= 15 is 0 Å². The van der Waals surface area contributed by atoms with E-state index < -0.39 is 0 Å². The van der Waals surface area contributed by atoms with E-state index in [9.17, 15) is 0 Å². The molecule has 0 saturated carbocycles. The topological polar surface area (TPSA) is 39.6 Å². The second-order valence-electron chi connectivity index (χ2n) is 3.61. The van der Waals surface area contributed by atoms with Crippen molar-refractivity contribution in [2.45, 2.75) is 20.3 Å². The predicted molar refractivity (Wildman–Crippen MR) is 53.4 cm³/mol. The molecule has 0 aromatic heterocycles. The van der Waals surface area contributed by atoms with Gasteiger partial charge in [-0.25, -0.2) is 0 Å². The summed E-state index contributed by atoms with van der Waals surface area (Å²) in [5.74, 6) is 0. The Bertz CT molecular complexity index is 328. The van der Waals surface area contributed by atoms with Crippen LogP contribution in [0.15, 0.2) is 22.9 Å². The lowest BCUT2D eigenvalue weighted by Crippen LogP contribution is -2.18. The Morgan fingerprint density at radius 1 is 1.38 bits per heavy atom. The number of hydrogen-bond acceptors (Lipinski definition) is 1. The third-order valence-electron chi connectivity index (χ3n) is 2.28. The van der Waals surface area contributed by atoms with Gasteiger partial charge in [0, 0.05) is 25.4 Å². The van der Waals surface area contributed by atoms with Crippen molar-refractivity contribution in [2.75, 3.05) is 14.1 Å². The summed E-state index contributed by atoms with van der Waals surface area (Å²) in [5.41, 5.74) is 13.0. The Kier molecular flexibility index (Phi) is 2.69. The van der Waals surface area contributed by atoms with Gasteiger partial charge in [0.2, 0.25) is 0 Å². The van der Waals surface area contributed by atoms with Crippen molar-refractivity contribution >= 4 is 5.71 Å². The fraction of sp³-hybridized carbons (Fsp3) is 0.500. The van der Waals surface area contributed by atoms with E-state index in [1.807, 2.05) is 27.1 Å². The van der Waals surface area contributed by atoms with Crippen LogP contribution in [0.3, 0.4) is 0 Å². The van der Waals surface area contributed by atoms with E-state index in [4.69, 9.17) is 5.53 Å². The summed E-state index contributed by atoms with van der Waals surface area (Å²) in [6, 6.07) is 0. The Hall–Kier alpha value is -1.34. The molecule has 0 fully saturated rings. The van der Waals surface area contributed by atoms with Gasteiger partial charge in [-0.05, 0) is 25.5 Å².